The van der Waals surface area contributed by atoms with Gasteiger partial charge in [0.05, 0.1) is 14.2 Å². The number of ether oxygens (including phenoxy) is 2. The topological polar surface area (TPSA) is 58.1 Å². The van der Waals surface area contributed by atoms with Crippen LogP contribution in [0.2, 0.25) is 0 Å². The second kappa shape index (κ2) is 10.2. The van der Waals surface area contributed by atoms with Crippen molar-refractivity contribution in [2.24, 2.45) is 10.9 Å². The van der Waals surface area contributed by atoms with E-state index in [1.165, 1.54) is 18.4 Å². The SMILES string of the molecule is CN=C(NCC1CC1)NC1CCN(Cc2cc(OC)cc(OC)c2)C1.I. The summed E-state index contributed by atoms with van der Waals surface area (Å²) in [5.41, 5.74) is 1.22. The minimum atomic E-state index is 0. The monoisotopic (exact) mass is 474 g/mol. The molecule has 1 aliphatic heterocycles. The standard InChI is InChI=1S/C19H30N4O2.HI/c1-20-19(21-11-14-4-5-14)22-16-6-7-23(13-16)12-15-8-17(24-2)10-18(9-15)25-3;/h8-10,14,16H,4-7,11-13H2,1-3H3,(H2,20,21,22);1H. The Bertz CT molecular complexity index is 585. The minimum Gasteiger partial charge on any atom is -0.497 e. The van der Waals surface area contributed by atoms with Crippen LogP contribution < -0.4 is 20.1 Å². The van der Waals surface area contributed by atoms with Crippen LogP contribution in [0.15, 0.2) is 23.2 Å². The van der Waals surface area contributed by atoms with Gasteiger partial charge in [0.15, 0.2) is 5.96 Å². The van der Waals surface area contributed by atoms with Crippen molar-refractivity contribution in [3.8, 4) is 11.5 Å². The van der Waals surface area contributed by atoms with Crippen molar-refractivity contribution >= 4 is 29.9 Å². The molecule has 1 atom stereocenters. The molecule has 2 N–H and O–H groups in total. The second-order valence-electron chi connectivity index (χ2n) is 6.98. The highest BCUT2D eigenvalue weighted by Crippen LogP contribution is 2.27. The number of nitrogens with one attached hydrogen (secondary N) is 2. The van der Waals surface area contributed by atoms with Crippen LogP contribution in [0, 0.1) is 5.92 Å². The van der Waals surface area contributed by atoms with E-state index >= 15 is 0 Å². The summed E-state index contributed by atoms with van der Waals surface area (Å²) in [5.74, 6) is 3.46. The van der Waals surface area contributed by atoms with E-state index in [1.807, 2.05) is 13.1 Å². The summed E-state index contributed by atoms with van der Waals surface area (Å²) in [7, 11) is 5.22. The maximum Gasteiger partial charge on any atom is 0.191 e. The Kier molecular flexibility index (Phi) is 8.27. The molecule has 1 aliphatic carbocycles. The van der Waals surface area contributed by atoms with Crippen LogP contribution in [-0.2, 0) is 6.54 Å². The Labute approximate surface area is 173 Å². The Morgan fingerprint density at radius 1 is 1.15 bits per heavy atom. The van der Waals surface area contributed by atoms with E-state index in [0.717, 1.165) is 56.0 Å². The second-order valence-corrected chi connectivity index (χ2v) is 6.98. The smallest absolute Gasteiger partial charge is 0.191 e. The first-order valence-corrected chi connectivity index (χ1v) is 9.11. The number of benzene rings is 1. The van der Waals surface area contributed by atoms with Crippen molar-refractivity contribution < 1.29 is 9.47 Å². The molecule has 1 heterocycles. The molecule has 2 fully saturated rings. The van der Waals surface area contributed by atoms with Crippen molar-refractivity contribution in [3.05, 3.63) is 23.8 Å². The minimum absolute atomic E-state index is 0. The molecule has 6 nitrogen and oxygen atoms in total. The molecule has 26 heavy (non-hydrogen) atoms. The van der Waals surface area contributed by atoms with Gasteiger partial charge in [-0.1, -0.05) is 0 Å². The van der Waals surface area contributed by atoms with Gasteiger partial charge in [-0.2, -0.15) is 0 Å². The predicted octanol–water partition coefficient (Wildman–Crippen LogP) is 2.47. The van der Waals surface area contributed by atoms with Crippen molar-refractivity contribution in [2.45, 2.75) is 31.8 Å². The average molecular weight is 474 g/mol. The number of halogens is 1. The van der Waals surface area contributed by atoms with Gasteiger partial charge < -0.3 is 20.1 Å². The lowest BCUT2D eigenvalue weighted by Crippen LogP contribution is -2.45. The molecule has 0 aromatic heterocycles. The van der Waals surface area contributed by atoms with Crippen molar-refractivity contribution in [2.75, 3.05) is 40.9 Å². The van der Waals surface area contributed by atoms with Crippen LogP contribution >= 0.6 is 24.0 Å². The molecule has 1 saturated heterocycles. The lowest BCUT2D eigenvalue weighted by molar-refractivity contribution is 0.321. The summed E-state index contributed by atoms with van der Waals surface area (Å²) in [4.78, 5) is 6.81. The van der Waals surface area contributed by atoms with Crippen LogP contribution in [0.4, 0.5) is 0 Å². The highest BCUT2D eigenvalue weighted by Gasteiger charge is 2.25. The molecule has 1 aromatic rings. The lowest BCUT2D eigenvalue weighted by atomic mass is 10.2. The maximum atomic E-state index is 5.37. The van der Waals surface area contributed by atoms with Gasteiger partial charge in [0.1, 0.15) is 11.5 Å². The third kappa shape index (κ3) is 6.19. The number of rotatable bonds is 7. The fraction of sp³-hybridized carbons (Fsp3) is 0.632. The highest BCUT2D eigenvalue weighted by molar-refractivity contribution is 14.0. The van der Waals surface area contributed by atoms with E-state index < -0.39 is 0 Å². The largest absolute Gasteiger partial charge is 0.497 e. The molecule has 0 amide bonds. The fourth-order valence-corrected chi connectivity index (χ4v) is 3.26. The van der Waals surface area contributed by atoms with Crippen LogP contribution in [0.5, 0.6) is 11.5 Å². The molecule has 3 rings (SSSR count). The first-order valence-electron chi connectivity index (χ1n) is 9.11. The molecule has 1 unspecified atom stereocenters. The summed E-state index contributed by atoms with van der Waals surface area (Å²) in [6.45, 7) is 4.04. The van der Waals surface area contributed by atoms with Gasteiger partial charge >= 0.3 is 0 Å². The Morgan fingerprint density at radius 2 is 1.85 bits per heavy atom. The molecule has 1 saturated carbocycles. The Morgan fingerprint density at radius 3 is 2.42 bits per heavy atom. The Balaban J connectivity index is 0.00000243. The lowest BCUT2D eigenvalue weighted by Gasteiger charge is -2.19. The summed E-state index contributed by atoms with van der Waals surface area (Å²) >= 11 is 0. The van der Waals surface area contributed by atoms with Crippen molar-refractivity contribution in [1.29, 1.82) is 0 Å². The molecule has 1 aromatic carbocycles. The van der Waals surface area contributed by atoms with E-state index in [9.17, 15) is 0 Å². The van der Waals surface area contributed by atoms with E-state index in [-0.39, 0.29) is 24.0 Å². The summed E-state index contributed by atoms with van der Waals surface area (Å²) in [6, 6.07) is 6.52. The fourth-order valence-electron chi connectivity index (χ4n) is 3.26. The molecular formula is C19H31IN4O2. The van der Waals surface area contributed by atoms with E-state index in [4.69, 9.17) is 9.47 Å². The highest BCUT2D eigenvalue weighted by atomic mass is 127. The number of likely N-dealkylation sites (tertiary alicyclic amines) is 1. The number of guanidine groups is 1. The van der Waals surface area contributed by atoms with Crippen LogP contribution in [0.25, 0.3) is 0 Å². The zero-order valence-electron chi connectivity index (χ0n) is 16.0. The van der Waals surface area contributed by atoms with Gasteiger partial charge in [0.2, 0.25) is 0 Å². The third-order valence-electron chi connectivity index (χ3n) is 4.91. The third-order valence-corrected chi connectivity index (χ3v) is 4.91. The van der Waals surface area contributed by atoms with Gasteiger partial charge in [-0.3, -0.25) is 9.89 Å². The molecular weight excluding hydrogens is 443 g/mol. The van der Waals surface area contributed by atoms with Crippen molar-refractivity contribution in [1.82, 2.24) is 15.5 Å². The normalized spacial score (nSPS) is 20.4. The van der Waals surface area contributed by atoms with E-state index in [2.05, 4.69) is 32.7 Å². The first kappa shape index (κ1) is 21.1. The number of nitrogens with zero attached hydrogens (tertiary/aromatic N) is 2. The van der Waals surface area contributed by atoms with Gasteiger partial charge in [-0.15, -0.1) is 24.0 Å². The zero-order valence-corrected chi connectivity index (χ0v) is 18.3. The number of hydrogen-bond donors (Lipinski definition) is 2. The molecule has 146 valence electrons. The van der Waals surface area contributed by atoms with Crippen LogP contribution in [0.3, 0.4) is 0 Å². The number of aliphatic imine (C=N–C) groups is 1. The number of methoxy groups -OCH3 is 2. The van der Waals surface area contributed by atoms with Crippen LogP contribution in [0.1, 0.15) is 24.8 Å². The maximum absolute atomic E-state index is 5.37. The molecule has 2 aliphatic rings. The number of hydrogen-bond acceptors (Lipinski definition) is 4. The quantitative estimate of drug-likeness (QED) is 0.362. The summed E-state index contributed by atoms with van der Waals surface area (Å²) in [6.07, 6.45) is 3.83. The van der Waals surface area contributed by atoms with Gasteiger partial charge in [-0.05, 0) is 42.9 Å². The Hall–Kier alpha value is -1.22. The van der Waals surface area contributed by atoms with Crippen LogP contribution in [-0.4, -0.2) is 57.8 Å². The van der Waals surface area contributed by atoms with Gasteiger partial charge in [0.25, 0.3) is 0 Å². The van der Waals surface area contributed by atoms with Gasteiger partial charge in [0, 0.05) is 45.3 Å². The van der Waals surface area contributed by atoms with E-state index in [0.29, 0.717) is 6.04 Å². The molecule has 7 heteroatoms. The molecule has 0 radical (unpaired) electrons. The van der Waals surface area contributed by atoms with Gasteiger partial charge in [-0.25, -0.2) is 0 Å². The molecule has 0 spiro atoms. The van der Waals surface area contributed by atoms with E-state index in [1.54, 1.807) is 14.2 Å². The zero-order chi connectivity index (χ0) is 17.6. The summed E-state index contributed by atoms with van der Waals surface area (Å²) < 4.78 is 10.7. The predicted molar refractivity (Wildman–Crippen MR) is 116 cm³/mol. The van der Waals surface area contributed by atoms with Crippen molar-refractivity contribution in [3.63, 3.8) is 0 Å². The average Bonchev–Trinajstić information content (AvgIpc) is 3.37. The first-order chi connectivity index (χ1) is 12.2. The molecule has 0 bridgehead atoms. The summed E-state index contributed by atoms with van der Waals surface area (Å²) in [5, 5.41) is 7.00.